The molecule has 3 unspecified atom stereocenters. The lowest BCUT2D eigenvalue weighted by atomic mass is 9.97. The summed E-state index contributed by atoms with van der Waals surface area (Å²) in [7, 11) is -1.55. The molecule has 0 aliphatic heterocycles. The van der Waals surface area contributed by atoms with Crippen LogP contribution in [-0.4, -0.2) is 19.7 Å². The van der Waals surface area contributed by atoms with E-state index in [4.69, 9.17) is 4.43 Å². The third-order valence-electron chi connectivity index (χ3n) is 4.80. The Labute approximate surface area is 166 Å². The fourth-order valence-electron chi connectivity index (χ4n) is 3.60. The summed E-state index contributed by atoms with van der Waals surface area (Å²) in [5.74, 6) is 0.425. The van der Waals surface area contributed by atoms with E-state index in [1.165, 1.54) is 36.2 Å². The van der Waals surface area contributed by atoms with Crippen molar-refractivity contribution in [2.45, 2.75) is 81.3 Å². The van der Waals surface area contributed by atoms with Crippen LogP contribution < -0.4 is 0 Å². The minimum absolute atomic E-state index is 0.329. The van der Waals surface area contributed by atoms with Crippen molar-refractivity contribution in [3.8, 4) is 0 Å². The fraction of sp³-hybridized carbons (Fsp3) is 0.565. The van der Waals surface area contributed by atoms with Crippen molar-refractivity contribution in [2.75, 3.05) is 0 Å². The lowest BCUT2D eigenvalue weighted by Gasteiger charge is -2.32. The van der Waals surface area contributed by atoms with E-state index in [2.05, 4.69) is 75.6 Å². The molecule has 1 aromatic carbocycles. The smallest absolute Gasteiger partial charge is 0.184 e. The molecule has 1 aliphatic rings. The van der Waals surface area contributed by atoms with Crippen LogP contribution in [0.4, 0.5) is 0 Å². The number of allylic oxidation sites excluding steroid dienone is 1. The van der Waals surface area contributed by atoms with Gasteiger partial charge in [0, 0.05) is 16.1 Å². The van der Waals surface area contributed by atoms with Gasteiger partial charge in [-0.2, -0.15) is 0 Å². The summed E-state index contributed by atoms with van der Waals surface area (Å²) < 4.78 is 6.58. The fourth-order valence-corrected chi connectivity index (χ4v) is 6.10. The van der Waals surface area contributed by atoms with Gasteiger partial charge in [-0.15, -0.1) is 11.8 Å². The van der Waals surface area contributed by atoms with Gasteiger partial charge in [-0.05, 0) is 57.5 Å². The van der Waals surface area contributed by atoms with Crippen molar-refractivity contribution in [3.63, 3.8) is 0 Å². The lowest BCUT2D eigenvalue weighted by molar-refractivity contribution is 0.163. The minimum Gasteiger partial charge on any atom is -0.414 e. The van der Waals surface area contributed by atoms with Crippen molar-refractivity contribution in [2.24, 2.45) is 5.92 Å². The number of hydrogen-bond acceptors (Lipinski definition) is 2. The topological polar surface area (TPSA) is 9.23 Å². The number of thioether (sulfide) groups is 1. The van der Waals surface area contributed by atoms with Crippen molar-refractivity contribution in [3.05, 3.63) is 54.6 Å². The minimum atomic E-state index is -1.55. The summed E-state index contributed by atoms with van der Waals surface area (Å²) in [5, 5.41) is 0.412. The highest BCUT2D eigenvalue weighted by Gasteiger charge is 2.38. The van der Waals surface area contributed by atoms with Crippen molar-refractivity contribution in [1.82, 2.24) is 0 Å². The molecule has 144 valence electrons. The molecule has 0 N–H and O–H groups in total. The number of hydrogen-bond donors (Lipinski definition) is 0. The summed E-state index contributed by atoms with van der Waals surface area (Å²) in [4.78, 5) is 1.34. The van der Waals surface area contributed by atoms with Gasteiger partial charge in [0.15, 0.2) is 8.32 Å². The van der Waals surface area contributed by atoms with Gasteiger partial charge in [0.05, 0.1) is 6.10 Å². The van der Waals surface area contributed by atoms with E-state index in [1.54, 1.807) is 0 Å². The Kier molecular flexibility index (Phi) is 8.72. The summed E-state index contributed by atoms with van der Waals surface area (Å²) in [6.07, 6.45) is 12.5. The zero-order valence-electron chi connectivity index (χ0n) is 17.0. The second-order valence-corrected chi connectivity index (χ2v) is 14.0. The maximum absolute atomic E-state index is 6.58. The molecule has 0 radical (unpaired) electrons. The van der Waals surface area contributed by atoms with Crippen LogP contribution in [0.25, 0.3) is 0 Å². The van der Waals surface area contributed by atoms with Gasteiger partial charge in [-0.25, -0.2) is 0 Å². The maximum atomic E-state index is 6.58. The van der Waals surface area contributed by atoms with Crippen molar-refractivity contribution < 1.29 is 4.43 Å². The lowest BCUT2D eigenvalue weighted by Crippen LogP contribution is -2.37. The van der Waals surface area contributed by atoms with E-state index in [0.29, 0.717) is 17.3 Å². The van der Waals surface area contributed by atoms with Crippen LogP contribution in [0.5, 0.6) is 0 Å². The molecule has 0 amide bonds. The average molecular weight is 389 g/mol. The molecule has 0 bridgehead atoms. The van der Waals surface area contributed by atoms with Crippen LogP contribution in [0.2, 0.25) is 19.6 Å². The van der Waals surface area contributed by atoms with Gasteiger partial charge in [0.2, 0.25) is 0 Å². The number of benzene rings is 1. The van der Waals surface area contributed by atoms with Crippen LogP contribution in [0.1, 0.15) is 45.4 Å². The standard InChI is InChI=1S/C23H36OSSi/c1-6-7-8-9-13-16-22(25-20-14-11-10-12-15-20)23-19(2)17-18-21(23)24-26(3,4)5/h10-16,21-23H,2,6-9,17-18H2,1,3-5H3/b16-13+. The van der Waals surface area contributed by atoms with E-state index in [0.717, 1.165) is 12.8 Å². The van der Waals surface area contributed by atoms with E-state index < -0.39 is 8.32 Å². The first-order chi connectivity index (χ1) is 12.4. The molecule has 26 heavy (non-hydrogen) atoms. The van der Waals surface area contributed by atoms with Crippen molar-refractivity contribution in [1.29, 1.82) is 0 Å². The zero-order chi connectivity index (χ0) is 19.0. The Bertz CT molecular complexity index is 576. The predicted molar refractivity (Wildman–Crippen MR) is 119 cm³/mol. The molecule has 0 aromatic heterocycles. The molecule has 3 heteroatoms. The first-order valence-corrected chi connectivity index (χ1v) is 14.4. The number of unbranched alkanes of at least 4 members (excludes halogenated alkanes) is 3. The van der Waals surface area contributed by atoms with Crippen LogP contribution in [-0.2, 0) is 4.43 Å². The Morgan fingerprint density at radius 2 is 1.96 bits per heavy atom. The molecule has 0 saturated heterocycles. The normalized spacial score (nSPS) is 22.2. The van der Waals surface area contributed by atoms with E-state index in [1.807, 2.05) is 11.8 Å². The molecule has 1 nitrogen and oxygen atoms in total. The molecular weight excluding hydrogens is 352 g/mol. The van der Waals surface area contributed by atoms with Gasteiger partial charge in [0.25, 0.3) is 0 Å². The van der Waals surface area contributed by atoms with Gasteiger partial charge >= 0.3 is 0 Å². The Morgan fingerprint density at radius 3 is 2.62 bits per heavy atom. The Morgan fingerprint density at radius 1 is 1.23 bits per heavy atom. The van der Waals surface area contributed by atoms with Gasteiger partial charge in [0.1, 0.15) is 0 Å². The molecule has 1 aromatic rings. The molecular formula is C23H36OSSi. The molecule has 1 fully saturated rings. The summed E-state index contributed by atoms with van der Waals surface area (Å²) in [6.45, 7) is 13.6. The van der Waals surface area contributed by atoms with E-state index in [9.17, 15) is 0 Å². The SMILES string of the molecule is C=C1CCC(O[Si](C)(C)C)C1C(/C=C/CCCCC)Sc1ccccc1. The largest absolute Gasteiger partial charge is 0.414 e. The quantitative estimate of drug-likeness (QED) is 0.178. The Balaban J connectivity index is 2.15. The molecule has 1 aliphatic carbocycles. The second-order valence-electron chi connectivity index (χ2n) is 8.31. The monoisotopic (exact) mass is 388 g/mol. The first kappa shape index (κ1) is 21.5. The average Bonchev–Trinajstić information content (AvgIpc) is 2.93. The molecule has 0 spiro atoms. The third kappa shape index (κ3) is 7.09. The molecule has 1 saturated carbocycles. The van der Waals surface area contributed by atoms with Crippen LogP contribution in [0, 0.1) is 5.92 Å². The summed E-state index contributed by atoms with van der Waals surface area (Å²) in [5.41, 5.74) is 1.37. The first-order valence-electron chi connectivity index (χ1n) is 10.1. The summed E-state index contributed by atoms with van der Waals surface area (Å²) in [6, 6.07) is 10.8. The molecule has 3 atom stereocenters. The van der Waals surface area contributed by atoms with E-state index in [-0.39, 0.29) is 0 Å². The maximum Gasteiger partial charge on any atom is 0.184 e. The van der Waals surface area contributed by atoms with Crippen LogP contribution in [0.3, 0.4) is 0 Å². The predicted octanol–water partition coefficient (Wildman–Crippen LogP) is 7.47. The van der Waals surface area contributed by atoms with Crippen LogP contribution in [0.15, 0.2) is 59.5 Å². The van der Waals surface area contributed by atoms with Gasteiger partial charge < -0.3 is 4.43 Å². The van der Waals surface area contributed by atoms with Gasteiger partial charge in [-0.3, -0.25) is 0 Å². The molecule has 0 heterocycles. The van der Waals surface area contributed by atoms with Crippen molar-refractivity contribution >= 4 is 20.1 Å². The number of rotatable bonds is 10. The van der Waals surface area contributed by atoms with Crippen LogP contribution >= 0.6 is 11.8 Å². The highest BCUT2D eigenvalue weighted by atomic mass is 32.2. The zero-order valence-corrected chi connectivity index (χ0v) is 18.9. The van der Waals surface area contributed by atoms with E-state index >= 15 is 0 Å². The Hall–Kier alpha value is -0.773. The summed E-state index contributed by atoms with van der Waals surface area (Å²) >= 11 is 1.97. The highest BCUT2D eigenvalue weighted by Crippen LogP contribution is 2.43. The van der Waals surface area contributed by atoms with Gasteiger partial charge in [-0.1, -0.05) is 62.3 Å². The molecule has 2 rings (SSSR count). The highest BCUT2D eigenvalue weighted by molar-refractivity contribution is 8.00. The third-order valence-corrected chi connectivity index (χ3v) is 7.07. The second kappa shape index (κ2) is 10.5.